The zero-order chi connectivity index (χ0) is 17.5. The SMILES string of the molecule is C.COCCC(C)CCOC(=O)CC(=O)OCCN(C)CCOC. The van der Waals surface area contributed by atoms with Crippen LogP contribution in [-0.4, -0.2) is 77.6 Å². The van der Waals surface area contributed by atoms with E-state index in [0.29, 0.717) is 32.3 Å². The van der Waals surface area contributed by atoms with Crippen LogP contribution in [-0.2, 0) is 28.5 Å². The van der Waals surface area contributed by atoms with Crippen molar-refractivity contribution in [3.8, 4) is 0 Å². The number of ether oxygens (including phenoxy) is 4. The molecule has 0 spiro atoms. The number of rotatable bonds is 14. The minimum atomic E-state index is -0.553. The van der Waals surface area contributed by atoms with Gasteiger partial charge in [0.05, 0.1) is 13.2 Å². The number of methoxy groups -OCH3 is 2. The molecule has 0 fully saturated rings. The second-order valence-electron chi connectivity index (χ2n) is 5.59. The second kappa shape index (κ2) is 16.7. The highest BCUT2D eigenvalue weighted by molar-refractivity contribution is 5.91. The third-order valence-electron chi connectivity index (χ3n) is 3.39. The Kier molecular flexibility index (Phi) is 17.4. The van der Waals surface area contributed by atoms with E-state index in [1.54, 1.807) is 14.2 Å². The van der Waals surface area contributed by atoms with E-state index >= 15 is 0 Å². The molecule has 0 bridgehead atoms. The van der Waals surface area contributed by atoms with Gasteiger partial charge in [-0.25, -0.2) is 0 Å². The molecule has 0 amide bonds. The van der Waals surface area contributed by atoms with E-state index in [-0.39, 0.29) is 20.5 Å². The fourth-order valence-electron chi connectivity index (χ4n) is 1.73. The molecule has 0 aromatic carbocycles. The predicted molar refractivity (Wildman–Crippen MR) is 92.9 cm³/mol. The van der Waals surface area contributed by atoms with Crippen LogP contribution < -0.4 is 0 Å². The first-order chi connectivity index (χ1) is 11.0. The van der Waals surface area contributed by atoms with E-state index in [0.717, 1.165) is 19.4 Å². The zero-order valence-electron chi connectivity index (χ0n) is 14.8. The number of nitrogens with zero attached hydrogens (tertiary/aromatic N) is 1. The fraction of sp³-hybridized carbons (Fsp3) is 0.882. The fourth-order valence-corrected chi connectivity index (χ4v) is 1.73. The van der Waals surface area contributed by atoms with Crippen LogP contribution in [0.4, 0.5) is 0 Å². The lowest BCUT2D eigenvalue weighted by molar-refractivity contribution is -0.154. The molecule has 144 valence electrons. The van der Waals surface area contributed by atoms with Crippen molar-refractivity contribution in [2.24, 2.45) is 5.92 Å². The van der Waals surface area contributed by atoms with E-state index in [9.17, 15) is 9.59 Å². The van der Waals surface area contributed by atoms with Crippen molar-refractivity contribution < 1.29 is 28.5 Å². The van der Waals surface area contributed by atoms with Gasteiger partial charge in [-0.3, -0.25) is 9.59 Å². The quantitative estimate of drug-likeness (QED) is 0.349. The van der Waals surface area contributed by atoms with Crippen LogP contribution in [0.5, 0.6) is 0 Å². The van der Waals surface area contributed by atoms with Crippen molar-refractivity contribution in [2.45, 2.75) is 33.6 Å². The number of esters is 2. The van der Waals surface area contributed by atoms with Crippen molar-refractivity contribution in [3.05, 3.63) is 0 Å². The van der Waals surface area contributed by atoms with Gasteiger partial charge in [0.25, 0.3) is 0 Å². The number of carbonyl (C=O) groups is 2. The van der Waals surface area contributed by atoms with E-state index in [2.05, 4.69) is 6.92 Å². The molecular formula is C17H35NO6. The zero-order valence-corrected chi connectivity index (χ0v) is 14.8. The first kappa shape index (κ1) is 25.1. The highest BCUT2D eigenvalue weighted by atomic mass is 16.6. The van der Waals surface area contributed by atoms with Crippen molar-refractivity contribution >= 4 is 11.9 Å². The largest absolute Gasteiger partial charge is 0.465 e. The van der Waals surface area contributed by atoms with Gasteiger partial charge < -0.3 is 23.8 Å². The van der Waals surface area contributed by atoms with Gasteiger partial charge in [0.15, 0.2) is 0 Å². The molecule has 0 aromatic heterocycles. The minimum absolute atomic E-state index is 0. The summed E-state index contributed by atoms with van der Waals surface area (Å²) in [6.45, 7) is 5.32. The van der Waals surface area contributed by atoms with Gasteiger partial charge in [0, 0.05) is 33.9 Å². The Balaban J connectivity index is 0. The molecule has 0 radical (unpaired) electrons. The summed E-state index contributed by atoms with van der Waals surface area (Å²) < 4.78 is 20.0. The maximum Gasteiger partial charge on any atom is 0.317 e. The molecular weight excluding hydrogens is 314 g/mol. The molecule has 0 rings (SSSR count). The van der Waals surface area contributed by atoms with Gasteiger partial charge in [-0.05, 0) is 25.8 Å². The molecule has 24 heavy (non-hydrogen) atoms. The molecule has 0 aromatic rings. The Morgan fingerprint density at radius 1 is 0.875 bits per heavy atom. The summed E-state index contributed by atoms with van der Waals surface area (Å²) in [5.41, 5.74) is 0. The Labute approximate surface area is 146 Å². The summed E-state index contributed by atoms with van der Waals surface area (Å²) >= 11 is 0. The smallest absolute Gasteiger partial charge is 0.317 e. The van der Waals surface area contributed by atoms with E-state index in [4.69, 9.17) is 18.9 Å². The molecule has 0 saturated heterocycles. The Bertz CT molecular complexity index is 294. The average molecular weight is 349 g/mol. The first-order valence-corrected chi connectivity index (χ1v) is 7.97. The molecule has 0 aliphatic carbocycles. The summed E-state index contributed by atoms with van der Waals surface area (Å²) in [6, 6.07) is 0. The number of hydrogen-bond acceptors (Lipinski definition) is 7. The van der Waals surface area contributed by atoms with Crippen LogP contribution >= 0.6 is 0 Å². The lowest BCUT2D eigenvalue weighted by Crippen LogP contribution is -2.28. The number of likely N-dealkylation sites (N-methyl/N-ethyl adjacent to an activating group) is 1. The highest BCUT2D eigenvalue weighted by Gasteiger charge is 2.13. The Hall–Kier alpha value is -1.18. The van der Waals surface area contributed by atoms with Crippen LogP contribution in [0.15, 0.2) is 0 Å². The van der Waals surface area contributed by atoms with E-state index < -0.39 is 11.9 Å². The Morgan fingerprint density at radius 3 is 1.96 bits per heavy atom. The lowest BCUT2D eigenvalue weighted by atomic mass is 10.1. The van der Waals surface area contributed by atoms with Crippen molar-refractivity contribution in [1.29, 1.82) is 0 Å². The van der Waals surface area contributed by atoms with Gasteiger partial charge in [-0.2, -0.15) is 0 Å². The number of hydrogen-bond donors (Lipinski definition) is 0. The Morgan fingerprint density at radius 2 is 1.38 bits per heavy atom. The summed E-state index contributed by atoms with van der Waals surface area (Å²) in [6.07, 6.45) is 1.34. The van der Waals surface area contributed by atoms with E-state index in [1.807, 2.05) is 11.9 Å². The van der Waals surface area contributed by atoms with Gasteiger partial charge >= 0.3 is 11.9 Å². The first-order valence-electron chi connectivity index (χ1n) is 7.97. The number of carbonyl (C=O) groups excluding carboxylic acids is 2. The molecule has 0 aliphatic rings. The van der Waals surface area contributed by atoms with Crippen LogP contribution in [0, 0.1) is 5.92 Å². The predicted octanol–water partition coefficient (Wildman–Crippen LogP) is 1.74. The summed E-state index contributed by atoms with van der Waals surface area (Å²) in [4.78, 5) is 25.0. The molecule has 0 heterocycles. The third kappa shape index (κ3) is 15.7. The van der Waals surface area contributed by atoms with Crippen LogP contribution in [0.25, 0.3) is 0 Å². The topological polar surface area (TPSA) is 74.3 Å². The maximum atomic E-state index is 11.5. The van der Waals surface area contributed by atoms with Crippen LogP contribution in [0.3, 0.4) is 0 Å². The summed E-state index contributed by atoms with van der Waals surface area (Å²) in [5.74, 6) is -0.679. The van der Waals surface area contributed by atoms with E-state index in [1.165, 1.54) is 0 Å². The molecule has 1 atom stereocenters. The molecule has 0 aliphatic heterocycles. The van der Waals surface area contributed by atoms with Gasteiger partial charge in [0.2, 0.25) is 0 Å². The molecule has 0 saturated carbocycles. The van der Waals surface area contributed by atoms with Crippen LogP contribution in [0.2, 0.25) is 0 Å². The van der Waals surface area contributed by atoms with Gasteiger partial charge in [-0.15, -0.1) is 0 Å². The van der Waals surface area contributed by atoms with Crippen molar-refractivity contribution in [3.63, 3.8) is 0 Å². The van der Waals surface area contributed by atoms with Crippen molar-refractivity contribution in [2.75, 3.05) is 60.8 Å². The average Bonchev–Trinajstić information content (AvgIpc) is 2.50. The molecule has 7 heteroatoms. The van der Waals surface area contributed by atoms with Crippen LogP contribution in [0.1, 0.15) is 33.6 Å². The monoisotopic (exact) mass is 349 g/mol. The summed E-state index contributed by atoms with van der Waals surface area (Å²) in [5, 5.41) is 0. The molecule has 1 unspecified atom stereocenters. The van der Waals surface area contributed by atoms with Crippen molar-refractivity contribution in [1.82, 2.24) is 4.90 Å². The molecule has 0 N–H and O–H groups in total. The minimum Gasteiger partial charge on any atom is -0.465 e. The highest BCUT2D eigenvalue weighted by Crippen LogP contribution is 2.07. The third-order valence-corrected chi connectivity index (χ3v) is 3.39. The summed E-state index contributed by atoms with van der Waals surface area (Å²) in [7, 11) is 5.21. The second-order valence-corrected chi connectivity index (χ2v) is 5.59. The van der Waals surface area contributed by atoms with Gasteiger partial charge in [0.1, 0.15) is 13.0 Å². The maximum absolute atomic E-state index is 11.5. The molecule has 7 nitrogen and oxygen atoms in total. The standard InChI is InChI=1S/C16H31NO6.CH4/c1-14(5-9-20-3)6-10-22-15(18)13-16(19)23-12-8-17(2)7-11-21-4;/h14H,5-13H2,1-4H3;1H4. The normalized spacial score (nSPS) is 11.7. The van der Waals surface area contributed by atoms with Gasteiger partial charge in [-0.1, -0.05) is 14.4 Å². The lowest BCUT2D eigenvalue weighted by Gasteiger charge is -2.15.